The Balaban J connectivity index is 1.36. The number of alkyl carbamates (subject to hydrolysis) is 1. The van der Waals surface area contributed by atoms with Crippen LogP contribution in [0.15, 0.2) is 94.6 Å². The largest absolute Gasteiger partial charge is 0.497 e. The molecule has 3 N–H and O–H groups in total. The number of ether oxygens (including phenoxy) is 6. The molecular formula is C41H48N4O10. The second-order valence-corrected chi connectivity index (χ2v) is 13.1. The number of hydrogen-bond donors (Lipinski definition) is 3. The summed E-state index contributed by atoms with van der Waals surface area (Å²) in [6, 6.07) is 26.8. The van der Waals surface area contributed by atoms with Crippen LogP contribution in [0.5, 0.6) is 11.5 Å². The number of unbranched alkanes of at least 4 members (excludes halogenated alkanes) is 3. The first kappa shape index (κ1) is 40.7. The maximum Gasteiger partial charge on any atom is 0.407 e. The van der Waals surface area contributed by atoms with E-state index in [9.17, 15) is 19.5 Å². The second-order valence-electron chi connectivity index (χ2n) is 13.1. The third-order valence-corrected chi connectivity index (χ3v) is 9.47. The Labute approximate surface area is 319 Å². The predicted octanol–water partition coefficient (Wildman–Crippen LogP) is 4.71. The van der Waals surface area contributed by atoms with Crippen molar-refractivity contribution in [1.82, 2.24) is 14.9 Å². The molecule has 1 aliphatic rings. The van der Waals surface area contributed by atoms with Gasteiger partial charge in [0.15, 0.2) is 6.23 Å². The van der Waals surface area contributed by atoms with Crippen molar-refractivity contribution in [1.29, 1.82) is 5.26 Å². The molecule has 1 amide bonds. The lowest BCUT2D eigenvalue weighted by Gasteiger charge is -2.37. The van der Waals surface area contributed by atoms with Crippen LogP contribution in [0.4, 0.5) is 4.79 Å². The van der Waals surface area contributed by atoms with E-state index in [1.165, 1.54) is 10.8 Å². The smallest absolute Gasteiger partial charge is 0.407 e. The first-order valence-corrected chi connectivity index (χ1v) is 18.2. The van der Waals surface area contributed by atoms with Crippen LogP contribution in [0, 0.1) is 18.3 Å². The third kappa shape index (κ3) is 10.00. The lowest BCUT2D eigenvalue weighted by Crippen LogP contribution is -2.41. The lowest BCUT2D eigenvalue weighted by molar-refractivity contribution is -0.0983. The predicted molar refractivity (Wildman–Crippen MR) is 202 cm³/mol. The van der Waals surface area contributed by atoms with Gasteiger partial charge in [0, 0.05) is 24.9 Å². The zero-order valence-corrected chi connectivity index (χ0v) is 31.3. The van der Waals surface area contributed by atoms with E-state index in [0.717, 1.165) is 29.5 Å². The molecule has 14 nitrogen and oxygen atoms in total. The Morgan fingerprint density at radius 2 is 1.53 bits per heavy atom. The fourth-order valence-electron chi connectivity index (χ4n) is 6.55. The van der Waals surface area contributed by atoms with Crippen molar-refractivity contribution in [3.05, 3.63) is 128 Å². The molecule has 4 aromatic rings. The Morgan fingerprint density at radius 1 is 0.909 bits per heavy atom. The van der Waals surface area contributed by atoms with Crippen LogP contribution < -0.4 is 26.0 Å². The molecule has 0 radical (unpaired) electrons. The number of nitrogens with one attached hydrogen (secondary N) is 2. The number of carbonyl (C=O) groups excluding carboxylic acids is 1. The van der Waals surface area contributed by atoms with Gasteiger partial charge in [-0.1, -0.05) is 67.4 Å². The van der Waals surface area contributed by atoms with E-state index < -0.39 is 47.5 Å². The average molecular weight is 757 g/mol. The number of nitrogens with zero attached hydrogens (tertiary/aromatic N) is 2. The second kappa shape index (κ2) is 19.7. The van der Waals surface area contributed by atoms with Crippen LogP contribution in [0.1, 0.15) is 60.6 Å². The van der Waals surface area contributed by atoms with E-state index in [2.05, 4.69) is 10.3 Å². The topological polar surface area (TPSA) is 183 Å². The lowest BCUT2D eigenvalue weighted by atomic mass is 9.80. The summed E-state index contributed by atoms with van der Waals surface area (Å²) >= 11 is 0. The van der Waals surface area contributed by atoms with Gasteiger partial charge in [-0.2, -0.15) is 5.26 Å². The van der Waals surface area contributed by atoms with E-state index in [0.29, 0.717) is 36.4 Å². The molecule has 1 saturated heterocycles. The SMILES string of the molecule is COc1ccc(C(OC[C@H]2O[C@@H](n3cc(C)c(=O)[nH]c3=O)[C@H](OCCCCCCNC(=O)OCCC#N)[C@@H]2O)(c2ccccc2)c2ccc(OC)cc2)cc1. The molecule has 2 heterocycles. The number of carbonyl (C=O) groups is 1. The standard InChI is InChI=1S/C41H48N4O10/c1-28-26-45(39(48)44-37(28)47)38-36(52-24-10-5-4-9-23-43-40(49)53-25-11-22-42)35(46)34(55-38)27-54-41(29-12-7-6-8-13-29,30-14-18-32(50-2)19-15-30)31-16-20-33(51-3)21-17-31/h6-8,12-21,26,34-36,38,46H,4-5,9-11,23-25,27H2,1-3H3,(H,43,49)(H,44,47,48)/t34-,35-,36-,38-/m1/s1. The molecule has 0 bridgehead atoms. The molecule has 1 fully saturated rings. The molecule has 55 heavy (non-hydrogen) atoms. The fraction of sp³-hybridized carbons (Fsp3) is 0.415. The number of aliphatic hydroxyl groups excluding tert-OH is 1. The number of aromatic amines is 1. The van der Waals surface area contributed by atoms with E-state index in [-0.39, 0.29) is 26.2 Å². The van der Waals surface area contributed by atoms with Crippen LogP contribution in [0.2, 0.25) is 0 Å². The molecule has 1 aliphatic heterocycles. The molecule has 292 valence electrons. The van der Waals surface area contributed by atoms with Gasteiger partial charge in [-0.3, -0.25) is 14.3 Å². The minimum absolute atomic E-state index is 0.0500. The van der Waals surface area contributed by atoms with Crippen molar-refractivity contribution in [3.63, 3.8) is 0 Å². The van der Waals surface area contributed by atoms with Crippen LogP contribution in [0.25, 0.3) is 0 Å². The maximum atomic E-state index is 13.1. The van der Waals surface area contributed by atoms with E-state index in [1.54, 1.807) is 21.1 Å². The molecule has 0 saturated carbocycles. The quantitative estimate of drug-likeness (QED) is 0.0890. The monoisotopic (exact) mass is 756 g/mol. The van der Waals surface area contributed by atoms with E-state index in [1.807, 2.05) is 84.9 Å². The minimum Gasteiger partial charge on any atom is -0.497 e. The summed E-state index contributed by atoms with van der Waals surface area (Å²) in [6.07, 6.45) is -0.327. The first-order chi connectivity index (χ1) is 26.7. The molecule has 0 unspecified atom stereocenters. The van der Waals surface area contributed by atoms with Gasteiger partial charge in [0.1, 0.15) is 42.0 Å². The number of H-pyrrole nitrogens is 1. The van der Waals surface area contributed by atoms with Gasteiger partial charge in [-0.05, 0) is 60.7 Å². The van der Waals surface area contributed by atoms with Crippen molar-refractivity contribution >= 4 is 6.09 Å². The summed E-state index contributed by atoms with van der Waals surface area (Å²) in [5.41, 5.74) is 0.289. The Bertz CT molecular complexity index is 1930. The number of amides is 1. The van der Waals surface area contributed by atoms with Gasteiger partial charge in [0.25, 0.3) is 5.56 Å². The zero-order valence-electron chi connectivity index (χ0n) is 31.3. The van der Waals surface area contributed by atoms with Crippen molar-refractivity contribution in [2.45, 2.75) is 69.2 Å². The Kier molecular flexibility index (Phi) is 14.6. The highest BCUT2D eigenvalue weighted by atomic mass is 16.6. The Morgan fingerprint density at radius 3 is 2.15 bits per heavy atom. The van der Waals surface area contributed by atoms with Gasteiger partial charge in [0.2, 0.25) is 0 Å². The van der Waals surface area contributed by atoms with Gasteiger partial charge in [-0.15, -0.1) is 0 Å². The van der Waals surface area contributed by atoms with Crippen molar-refractivity contribution < 1.29 is 38.3 Å². The van der Waals surface area contributed by atoms with Crippen molar-refractivity contribution in [2.24, 2.45) is 0 Å². The van der Waals surface area contributed by atoms with Crippen molar-refractivity contribution in [3.8, 4) is 17.6 Å². The number of methoxy groups -OCH3 is 2. The fourth-order valence-corrected chi connectivity index (χ4v) is 6.55. The third-order valence-electron chi connectivity index (χ3n) is 9.47. The molecule has 0 aliphatic carbocycles. The highest BCUT2D eigenvalue weighted by molar-refractivity contribution is 5.67. The molecular weight excluding hydrogens is 708 g/mol. The summed E-state index contributed by atoms with van der Waals surface area (Å²) in [5, 5.41) is 23.0. The average Bonchev–Trinajstić information content (AvgIpc) is 3.52. The van der Waals surface area contributed by atoms with E-state index in [4.69, 9.17) is 33.7 Å². The highest BCUT2D eigenvalue weighted by Gasteiger charge is 2.48. The molecule has 0 spiro atoms. The number of aliphatic hydroxyl groups is 1. The first-order valence-electron chi connectivity index (χ1n) is 18.2. The van der Waals surface area contributed by atoms with Crippen LogP contribution >= 0.6 is 0 Å². The van der Waals surface area contributed by atoms with Gasteiger partial charge in [-0.25, -0.2) is 9.59 Å². The summed E-state index contributed by atoms with van der Waals surface area (Å²) in [7, 11) is 3.20. The number of benzene rings is 3. The number of aromatic nitrogens is 2. The van der Waals surface area contributed by atoms with Crippen molar-refractivity contribution in [2.75, 3.05) is 40.6 Å². The summed E-state index contributed by atoms with van der Waals surface area (Å²) < 4.78 is 36.7. The number of aryl methyl sites for hydroxylation is 1. The maximum absolute atomic E-state index is 13.1. The summed E-state index contributed by atoms with van der Waals surface area (Å²) in [6.45, 7) is 2.19. The number of hydrogen-bond acceptors (Lipinski definition) is 11. The van der Waals surface area contributed by atoms with Crippen LogP contribution in [0.3, 0.4) is 0 Å². The van der Waals surface area contributed by atoms with Crippen LogP contribution in [-0.4, -0.2) is 79.6 Å². The van der Waals surface area contributed by atoms with E-state index >= 15 is 0 Å². The summed E-state index contributed by atoms with van der Waals surface area (Å²) in [4.78, 5) is 39.4. The number of rotatable bonds is 19. The number of nitriles is 1. The molecule has 3 aromatic carbocycles. The minimum atomic E-state index is -1.22. The zero-order chi connectivity index (χ0) is 39.2. The summed E-state index contributed by atoms with van der Waals surface area (Å²) in [5.74, 6) is 1.34. The molecule has 1 aromatic heterocycles. The van der Waals surface area contributed by atoms with Gasteiger partial charge >= 0.3 is 11.8 Å². The van der Waals surface area contributed by atoms with Gasteiger partial charge < -0.3 is 38.8 Å². The Hall–Kier alpha value is -5.46. The molecule has 5 rings (SSSR count). The normalized spacial score (nSPS) is 18.0. The van der Waals surface area contributed by atoms with Crippen LogP contribution in [-0.2, 0) is 24.5 Å². The highest BCUT2D eigenvalue weighted by Crippen LogP contribution is 2.43. The van der Waals surface area contributed by atoms with Gasteiger partial charge in [0.05, 0.1) is 33.3 Å². The molecule has 14 heteroatoms. The molecule has 4 atom stereocenters.